The lowest BCUT2D eigenvalue weighted by Crippen LogP contribution is -2.48. The van der Waals surface area contributed by atoms with Crippen LogP contribution >= 0.6 is 0 Å². The molecule has 2 aliphatic heterocycles. The Bertz CT molecular complexity index is 216. The van der Waals surface area contributed by atoms with Gasteiger partial charge in [0.2, 0.25) is 0 Å². The van der Waals surface area contributed by atoms with Crippen molar-refractivity contribution < 1.29 is 4.74 Å². The Hall–Kier alpha value is -0.120. The van der Waals surface area contributed by atoms with Crippen molar-refractivity contribution in [1.29, 1.82) is 0 Å². The first-order valence-electron chi connectivity index (χ1n) is 7.28. The molecule has 100 valence electrons. The van der Waals surface area contributed by atoms with E-state index in [-0.39, 0.29) is 0 Å². The summed E-state index contributed by atoms with van der Waals surface area (Å²) < 4.78 is 5.84. The van der Waals surface area contributed by atoms with Gasteiger partial charge in [0.1, 0.15) is 0 Å². The minimum Gasteiger partial charge on any atom is -0.377 e. The Labute approximate surface area is 106 Å². The van der Waals surface area contributed by atoms with Crippen LogP contribution in [0, 0.1) is 0 Å². The van der Waals surface area contributed by atoms with Gasteiger partial charge >= 0.3 is 0 Å². The van der Waals surface area contributed by atoms with Crippen molar-refractivity contribution in [3.05, 3.63) is 0 Å². The zero-order chi connectivity index (χ0) is 12.3. The number of nitrogens with one attached hydrogen (secondary N) is 1. The lowest BCUT2D eigenvalue weighted by atomic mass is 10.0. The van der Waals surface area contributed by atoms with E-state index in [1.54, 1.807) is 0 Å². The Morgan fingerprint density at radius 2 is 1.76 bits per heavy atom. The van der Waals surface area contributed by atoms with Crippen molar-refractivity contribution in [3.8, 4) is 0 Å². The quantitative estimate of drug-likeness (QED) is 0.799. The third-order valence-corrected chi connectivity index (χ3v) is 4.35. The van der Waals surface area contributed by atoms with Crippen molar-refractivity contribution in [2.45, 2.75) is 70.7 Å². The maximum absolute atomic E-state index is 5.84. The second kappa shape index (κ2) is 6.17. The maximum atomic E-state index is 5.84. The van der Waals surface area contributed by atoms with Gasteiger partial charge in [-0.1, -0.05) is 0 Å². The largest absolute Gasteiger partial charge is 0.377 e. The van der Waals surface area contributed by atoms with E-state index >= 15 is 0 Å². The van der Waals surface area contributed by atoms with Gasteiger partial charge in [0.25, 0.3) is 0 Å². The van der Waals surface area contributed by atoms with E-state index in [0.29, 0.717) is 24.2 Å². The summed E-state index contributed by atoms with van der Waals surface area (Å²) >= 11 is 0. The first-order chi connectivity index (χ1) is 8.16. The average Bonchev–Trinajstić information content (AvgIpc) is 2.79. The third-order valence-electron chi connectivity index (χ3n) is 4.35. The summed E-state index contributed by atoms with van der Waals surface area (Å²) in [5.74, 6) is 0. The van der Waals surface area contributed by atoms with Crippen LogP contribution in [0.25, 0.3) is 0 Å². The Balaban J connectivity index is 1.89. The molecule has 17 heavy (non-hydrogen) atoms. The van der Waals surface area contributed by atoms with E-state index in [1.807, 2.05) is 0 Å². The summed E-state index contributed by atoms with van der Waals surface area (Å²) in [5, 5.41) is 3.65. The molecular weight excluding hydrogens is 212 g/mol. The molecule has 0 aromatic heterocycles. The van der Waals surface area contributed by atoms with Gasteiger partial charge in [0, 0.05) is 24.7 Å². The van der Waals surface area contributed by atoms with E-state index in [0.717, 1.165) is 6.61 Å². The standard InChI is InChI=1S/C14H28N2O/c1-11-6-8-16(9-7-12(2)15-11)13(3)14-5-4-10-17-14/h11-15H,4-10H2,1-3H3. The highest BCUT2D eigenvalue weighted by molar-refractivity contribution is 4.83. The summed E-state index contributed by atoms with van der Waals surface area (Å²) in [4.78, 5) is 2.64. The molecule has 0 aromatic carbocycles. The van der Waals surface area contributed by atoms with Gasteiger partial charge < -0.3 is 10.1 Å². The van der Waals surface area contributed by atoms with Crippen molar-refractivity contribution in [1.82, 2.24) is 10.2 Å². The van der Waals surface area contributed by atoms with E-state index in [9.17, 15) is 0 Å². The summed E-state index contributed by atoms with van der Waals surface area (Å²) in [6, 6.07) is 1.88. The molecular formula is C14H28N2O. The molecule has 2 heterocycles. The molecule has 2 fully saturated rings. The van der Waals surface area contributed by atoms with Gasteiger partial charge in [-0.3, -0.25) is 4.90 Å². The van der Waals surface area contributed by atoms with E-state index in [2.05, 4.69) is 31.0 Å². The van der Waals surface area contributed by atoms with Gasteiger partial charge in [-0.05, 0) is 59.5 Å². The van der Waals surface area contributed by atoms with Crippen LogP contribution < -0.4 is 5.32 Å². The molecule has 1 N–H and O–H groups in total. The summed E-state index contributed by atoms with van der Waals surface area (Å²) in [7, 11) is 0. The van der Waals surface area contributed by atoms with Crippen LogP contribution in [0.4, 0.5) is 0 Å². The number of ether oxygens (including phenoxy) is 1. The Morgan fingerprint density at radius 1 is 1.12 bits per heavy atom. The number of nitrogens with zero attached hydrogens (tertiary/aromatic N) is 1. The molecule has 0 aliphatic carbocycles. The molecule has 3 heteroatoms. The second-order valence-electron chi connectivity index (χ2n) is 5.87. The molecule has 3 nitrogen and oxygen atoms in total. The van der Waals surface area contributed by atoms with Gasteiger partial charge in [-0.2, -0.15) is 0 Å². The monoisotopic (exact) mass is 240 g/mol. The van der Waals surface area contributed by atoms with Crippen molar-refractivity contribution in [2.75, 3.05) is 19.7 Å². The zero-order valence-electron chi connectivity index (χ0n) is 11.6. The van der Waals surface area contributed by atoms with Crippen LogP contribution in [-0.4, -0.2) is 48.8 Å². The van der Waals surface area contributed by atoms with Crippen molar-refractivity contribution >= 4 is 0 Å². The highest BCUT2D eigenvalue weighted by atomic mass is 16.5. The smallest absolute Gasteiger partial charge is 0.0728 e. The van der Waals surface area contributed by atoms with Crippen LogP contribution in [0.1, 0.15) is 46.5 Å². The predicted molar refractivity (Wildman–Crippen MR) is 71.3 cm³/mol. The molecule has 4 atom stereocenters. The van der Waals surface area contributed by atoms with Crippen LogP contribution in [-0.2, 0) is 4.74 Å². The summed E-state index contributed by atoms with van der Waals surface area (Å²) in [5.41, 5.74) is 0. The number of hydrogen-bond donors (Lipinski definition) is 1. The summed E-state index contributed by atoms with van der Waals surface area (Å²) in [6.45, 7) is 10.3. The third kappa shape index (κ3) is 3.67. The highest BCUT2D eigenvalue weighted by Gasteiger charge is 2.28. The predicted octanol–water partition coefficient (Wildman–Crippen LogP) is 2.02. The molecule has 2 rings (SSSR count). The minimum atomic E-state index is 0.480. The molecule has 4 unspecified atom stereocenters. The number of rotatable bonds is 2. The SMILES string of the molecule is CC1CCN(C(C)C2CCCO2)CCC(C)N1. The highest BCUT2D eigenvalue weighted by Crippen LogP contribution is 2.21. The molecule has 0 bridgehead atoms. The molecule has 2 saturated heterocycles. The fourth-order valence-corrected chi connectivity index (χ4v) is 3.11. The van der Waals surface area contributed by atoms with Crippen LogP contribution in [0.2, 0.25) is 0 Å². The fourth-order valence-electron chi connectivity index (χ4n) is 3.11. The topological polar surface area (TPSA) is 24.5 Å². The average molecular weight is 240 g/mol. The maximum Gasteiger partial charge on any atom is 0.0728 e. The molecule has 0 saturated carbocycles. The van der Waals surface area contributed by atoms with E-state index in [4.69, 9.17) is 4.74 Å². The molecule has 0 amide bonds. The van der Waals surface area contributed by atoms with Gasteiger partial charge in [0.05, 0.1) is 6.10 Å². The normalized spacial score (nSPS) is 38.6. The van der Waals surface area contributed by atoms with Crippen molar-refractivity contribution in [3.63, 3.8) is 0 Å². The van der Waals surface area contributed by atoms with Crippen LogP contribution in [0.5, 0.6) is 0 Å². The lowest BCUT2D eigenvalue weighted by molar-refractivity contribution is 0.0257. The first-order valence-corrected chi connectivity index (χ1v) is 7.28. The van der Waals surface area contributed by atoms with E-state index < -0.39 is 0 Å². The Kier molecular flexibility index (Phi) is 4.83. The molecule has 2 aliphatic rings. The first kappa shape index (κ1) is 13.3. The van der Waals surface area contributed by atoms with Gasteiger partial charge in [-0.25, -0.2) is 0 Å². The lowest BCUT2D eigenvalue weighted by Gasteiger charge is -2.36. The molecule has 0 aromatic rings. The van der Waals surface area contributed by atoms with E-state index in [1.165, 1.54) is 38.8 Å². The zero-order valence-corrected chi connectivity index (χ0v) is 11.6. The fraction of sp³-hybridized carbons (Fsp3) is 1.00. The Morgan fingerprint density at radius 3 is 2.29 bits per heavy atom. The molecule has 0 spiro atoms. The van der Waals surface area contributed by atoms with Crippen LogP contribution in [0.3, 0.4) is 0 Å². The molecule has 0 radical (unpaired) electrons. The second-order valence-corrected chi connectivity index (χ2v) is 5.87. The summed E-state index contributed by atoms with van der Waals surface area (Å²) in [6.07, 6.45) is 5.48. The minimum absolute atomic E-state index is 0.480. The van der Waals surface area contributed by atoms with Crippen molar-refractivity contribution in [2.24, 2.45) is 0 Å². The van der Waals surface area contributed by atoms with Gasteiger partial charge in [-0.15, -0.1) is 0 Å². The number of hydrogen-bond acceptors (Lipinski definition) is 3. The van der Waals surface area contributed by atoms with Crippen LogP contribution in [0.15, 0.2) is 0 Å². The van der Waals surface area contributed by atoms with Gasteiger partial charge in [0.15, 0.2) is 0 Å².